The molecule has 4 rings (SSSR count). The number of aliphatic hydroxyl groups excluding tert-OH is 1. The lowest BCUT2D eigenvalue weighted by Crippen LogP contribution is -2.68. The van der Waals surface area contributed by atoms with Crippen LogP contribution in [0.2, 0.25) is 0 Å². The van der Waals surface area contributed by atoms with E-state index >= 15 is 0 Å². The van der Waals surface area contributed by atoms with E-state index in [0.717, 1.165) is 24.2 Å². The summed E-state index contributed by atoms with van der Waals surface area (Å²) >= 11 is 0. The lowest BCUT2D eigenvalue weighted by molar-refractivity contribution is -0.167. The number of nitrogens with zero attached hydrogens (tertiary/aromatic N) is 1. The number of amides is 1. The summed E-state index contributed by atoms with van der Waals surface area (Å²) in [6, 6.07) is -1.42. The maximum atomic E-state index is 11.4. The fourth-order valence-electron chi connectivity index (χ4n) is 3.99. The van der Waals surface area contributed by atoms with Crippen molar-refractivity contribution in [2.75, 3.05) is 0 Å². The van der Waals surface area contributed by atoms with Crippen LogP contribution in [0.5, 0.6) is 0 Å². The first-order valence-electron chi connectivity index (χ1n) is 6.93. The highest BCUT2D eigenvalue weighted by Gasteiger charge is 2.57. The number of aliphatic carboxylic acids is 1. The third kappa shape index (κ3) is 1.98. The second-order valence-electron chi connectivity index (χ2n) is 6.11. The highest BCUT2D eigenvalue weighted by Crippen LogP contribution is 2.48. The van der Waals surface area contributed by atoms with E-state index in [1.807, 2.05) is 0 Å². The third-order valence-corrected chi connectivity index (χ3v) is 5.01. The highest BCUT2D eigenvalue weighted by molar-refractivity contribution is 5.80. The van der Waals surface area contributed by atoms with Crippen molar-refractivity contribution in [3.63, 3.8) is 0 Å². The van der Waals surface area contributed by atoms with Crippen molar-refractivity contribution in [1.29, 1.82) is 0 Å². The second kappa shape index (κ2) is 4.37. The van der Waals surface area contributed by atoms with Gasteiger partial charge in [-0.25, -0.2) is 9.59 Å². The van der Waals surface area contributed by atoms with Crippen LogP contribution in [0, 0.1) is 17.8 Å². The van der Waals surface area contributed by atoms with Crippen molar-refractivity contribution >= 4 is 12.1 Å². The predicted octanol–water partition coefficient (Wildman–Crippen LogP) is 0.989. The summed E-state index contributed by atoms with van der Waals surface area (Å²) in [6.07, 6.45) is 2.57. The molecule has 2 saturated carbocycles. The van der Waals surface area contributed by atoms with Crippen molar-refractivity contribution in [3.05, 3.63) is 0 Å². The van der Waals surface area contributed by atoms with Crippen LogP contribution in [0.1, 0.15) is 32.1 Å². The maximum Gasteiger partial charge on any atom is 0.408 e. The van der Waals surface area contributed by atoms with Gasteiger partial charge in [-0.3, -0.25) is 4.90 Å². The van der Waals surface area contributed by atoms with Gasteiger partial charge in [0.2, 0.25) is 0 Å². The summed E-state index contributed by atoms with van der Waals surface area (Å²) in [6.45, 7) is 0. The molecule has 19 heavy (non-hydrogen) atoms. The van der Waals surface area contributed by atoms with Gasteiger partial charge in [0.15, 0.2) is 0 Å². The largest absolute Gasteiger partial charge is 0.480 e. The van der Waals surface area contributed by atoms with Crippen molar-refractivity contribution < 1.29 is 24.9 Å². The van der Waals surface area contributed by atoms with Gasteiger partial charge in [0.05, 0.1) is 6.10 Å². The molecule has 0 aromatic carbocycles. The Morgan fingerprint density at radius 3 is 2.32 bits per heavy atom. The van der Waals surface area contributed by atoms with Gasteiger partial charge in [-0.05, 0) is 25.2 Å². The molecule has 2 aliphatic carbocycles. The van der Waals surface area contributed by atoms with E-state index in [2.05, 4.69) is 0 Å². The molecule has 4 fully saturated rings. The van der Waals surface area contributed by atoms with Gasteiger partial charge >= 0.3 is 12.1 Å². The summed E-state index contributed by atoms with van der Waals surface area (Å²) in [4.78, 5) is 23.8. The van der Waals surface area contributed by atoms with E-state index in [0.29, 0.717) is 18.8 Å². The molecule has 1 amide bonds. The molecular formula is C13H19NO5. The number of rotatable bonds is 3. The first-order chi connectivity index (χ1) is 9.00. The van der Waals surface area contributed by atoms with Crippen LogP contribution in [0.15, 0.2) is 0 Å². The third-order valence-electron chi connectivity index (χ3n) is 5.01. The molecular weight excluding hydrogens is 250 g/mol. The van der Waals surface area contributed by atoms with Gasteiger partial charge in [0, 0.05) is 17.9 Å². The van der Waals surface area contributed by atoms with Gasteiger partial charge in [-0.1, -0.05) is 12.8 Å². The molecule has 6 nitrogen and oxygen atoms in total. The summed E-state index contributed by atoms with van der Waals surface area (Å²) < 4.78 is 0. The van der Waals surface area contributed by atoms with Crippen LogP contribution in [-0.2, 0) is 4.79 Å². The van der Waals surface area contributed by atoms with Crippen LogP contribution in [-0.4, -0.2) is 50.5 Å². The lowest BCUT2D eigenvalue weighted by atomic mass is 9.65. The summed E-state index contributed by atoms with van der Waals surface area (Å²) in [5.41, 5.74) is 0. The summed E-state index contributed by atoms with van der Waals surface area (Å²) in [5.74, 6) is -1.08. The van der Waals surface area contributed by atoms with Crippen LogP contribution in [0.4, 0.5) is 4.79 Å². The van der Waals surface area contributed by atoms with E-state index in [-0.39, 0.29) is 12.0 Å². The topological polar surface area (TPSA) is 98.1 Å². The SMILES string of the molecule is O=C(O)[C@@H]1[C@@H]2CC[C@@H](C(CC3CC3)C2O)N1C(=O)O. The molecule has 2 bridgehead atoms. The van der Waals surface area contributed by atoms with E-state index in [1.165, 1.54) is 0 Å². The normalized spacial score (nSPS) is 41.3. The van der Waals surface area contributed by atoms with E-state index in [9.17, 15) is 24.9 Å². The summed E-state index contributed by atoms with van der Waals surface area (Å²) in [5, 5.41) is 28.9. The molecule has 4 aliphatic rings. The van der Waals surface area contributed by atoms with Crippen molar-refractivity contribution in [1.82, 2.24) is 4.90 Å². The minimum Gasteiger partial charge on any atom is -0.480 e. The molecule has 2 unspecified atom stereocenters. The van der Waals surface area contributed by atoms with Crippen LogP contribution in [0.25, 0.3) is 0 Å². The Morgan fingerprint density at radius 2 is 1.79 bits per heavy atom. The number of carboxylic acids is 1. The quantitative estimate of drug-likeness (QED) is 0.709. The Kier molecular flexibility index (Phi) is 2.92. The van der Waals surface area contributed by atoms with Gasteiger partial charge in [-0.2, -0.15) is 0 Å². The fourth-order valence-corrected chi connectivity index (χ4v) is 3.99. The van der Waals surface area contributed by atoms with E-state index in [1.54, 1.807) is 0 Å². The maximum absolute atomic E-state index is 11.4. The van der Waals surface area contributed by atoms with Gasteiger partial charge in [-0.15, -0.1) is 0 Å². The molecule has 2 heterocycles. The number of piperidine rings is 2. The first-order valence-corrected chi connectivity index (χ1v) is 6.93. The Bertz CT molecular complexity index is 408. The highest BCUT2D eigenvalue weighted by atomic mass is 16.4. The van der Waals surface area contributed by atoms with Gasteiger partial charge in [0.1, 0.15) is 6.04 Å². The Hall–Kier alpha value is -1.30. The van der Waals surface area contributed by atoms with Crippen LogP contribution < -0.4 is 0 Å². The number of fused-ring (bicyclic) bond motifs is 3. The zero-order chi connectivity index (χ0) is 13.7. The first kappa shape index (κ1) is 12.7. The van der Waals surface area contributed by atoms with Crippen molar-refractivity contribution in [2.24, 2.45) is 17.8 Å². The molecule has 6 heteroatoms. The molecule has 0 aromatic heterocycles. The zero-order valence-electron chi connectivity index (χ0n) is 10.6. The summed E-state index contributed by atoms with van der Waals surface area (Å²) in [7, 11) is 0. The molecule has 2 saturated heterocycles. The van der Waals surface area contributed by atoms with Crippen molar-refractivity contribution in [2.45, 2.75) is 50.3 Å². The number of hydrogen-bond donors (Lipinski definition) is 3. The molecule has 0 aromatic rings. The minimum absolute atomic E-state index is 0.0852. The fraction of sp³-hybridized carbons (Fsp3) is 0.846. The number of carboxylic acid groups (broad SMARTS) is 2. The Balaban J connectivity index is 1.89. The van der Waals surface area contributed by atoms with Crippen molar-refractivity contribution in [3.8, 4) is 0 Å². The average molecular weight is 269 g/mol. The molecule has 3 N–H and O–H groups in total. The monoisotopic (exact) mass is 269 g/mol. The minimum atomic E-state index is -1.17. The average Bonchev–Trinajstić information content (AvgIpc) is 3.16. The number of aliphatic hydroxyl groups is 1. The van der Waals surface area contributed by atoms with Crippen LogP contribution in [0.3, 0.4) is 0 Å². The smallest absolute Gasteiger partial charge is 0.408 e. The van der Waals surface area contributed by atoms with Crippen LogP contribution >= 0.6 is 0 Å². The lowest BCUT2D eigenvalue weighted by Gasteiger charge is -2.54. The van der Waals surface area contributed by atoms with E-state index < -0.39 is 30.1 Å². The Morgan fingerprint density at radius 1 is 1.11 bits per heavy atom. The standard InChI is InChI=1S/C13H19NO5/c15-11-7-3-4-9(8(11)5-6-1-2-6)14(13(18)19)10(7)12(16)17/h6-11,15H,1-5H2,(H,16,17)(H,18,19)/t7-,8?,9-,10-,11?/m0/s1. The van der Waals surface area contributed by atoms with Gasteiger partial charge < -0.3 is 15.3 Å². The molecule has 0 radical (unpaired) electrons. The molecule has 106 valence electrons. The van der Waals surface area contributed by atoms with Gasteiger partial charge in [0.25, 0.3) is 0 Å². The van der Waals surface area contributed by atoms with E-state index in [4.69, 9.17) is 0 Å². The molecule has 2 aliphatic heterocycles. The molecule has 0 spiro atoms. The Labute approximate surface area is 111 Å². The number of carbonyl (C=O) groups is 2. The second-order valence-corrected chi connectivity index (χ2v) is 6.11. The number of hydrogen-bond acceptors (Lipinski definition) is 3. The predicted molar refractivity (Wildman–Crippen MR) is 64.6 cm³/mol. The zero-order valence-corrected chi connectivity index (χ0v) is 10.6. The molecule has 5 atom stereocenters.